The second kappa shape index (κ2) is 4.93. The van der Waals surface area contributed by atoms with Crippen LogP contribution < -0.4 is 0 Å². The summed E-state index contributed by atoms with van der Waals surface area (Å²) >= 11 is 0. The van der Waals surface area contributed by atoms with Gasteiger partial charge < -0.3 is 4.90 Å². The van der Waals surface area contributed by atoms with Gasteiger partial charge in [-0.3, -0.25) is 0 Å². The molecule has 1 saturated carbocycles. The lowest BCUT2D eigenvalue weighted by molar-refractivity contribution is 0.439. The number of sulfonamides is 1. The molecule has 1 aliphatic carbocycles. The third kappa shape index (κ3) is 2.36. The van der Waals surface area contributed by atoms with Gasteiger partial charge >= 0.3 is 0 Å². The molecule has 23 heavy (non-hydrogen) atoms. The summed E-state index contributed by atoms with van der Waals surface area (Å²) in [5, 5.41) is 0. The molecule has 2 aromatic carbocycles. The Hall–Kier alpha value is -2.14. The van der Waals surface area contributed by atoms with Crippen LogP contribution in [-0.4, -0.2) is 32.7 Å². The van der Waals surface area contributed by atoms with Crippen LogP contribution in [0.1, 0.15) is 24.0 Å². The molecule has 1 heterocycles. The SMILES string of the molecule is CN(CC1(c2ccccc2)CC1)C1=NS(=O)(=O)c2ccccc21. The number of rotatable bonds is 3. The van der Waals surface area contributed by atoms with Gasteiger partial charge in [-0.25, -0.2) is 0 Å². The predicted octanol–water partition coefficient (Wildman–Crippen LogP) is 2.80. The molecule has 0 bridgehead atoms. The zero-order valence-corrected chi connectivity index (χ0v) is 13.8. The highest BCUT2D eigenvalue weighted by Gasteiger charge is 2.46. The number of benzene rings is 2. The van der Waals surface area contributed by atoms with Crippen molar-refractivity contribution in [2.24, 2.45) is 4.40 Å². The van der Waals surface area contributed by atoms with Crippen molar-refractivity contribution in [2.75, 3.05) is 13.6 Å². The number of nitrogens with zero attached hydrogens (tertiary/aromatic N) is 2. The normalized spacial score (nSPS) is 19.8. The van der Waals surface area contributed by atoms with E-state index in [9.17, 15) is 8.42 Å². The Bertz CT molecular complexity index is 884. The maximum atomic E-state index is 12.2. The fourth-order valence-electron chi connectivity index (χ4n) is 3.37. The molecule has 0 spiro atoms. The molecule has 5 heteroatoms. The van der Waals surface area contributed by atoms with Crippen molar-refractivity contribution in [2.45, 2.75) is 23.2 Å². The molecule has 0 radical (unpaired) electrons. The first-order valence-corrected chi connectivity index (χ1v) is 9.17. The van der Waals surface area contributed by atoms with Gasteiger partial charge in [0.2, 0.25) is 0 Å². The molecule has 2 aliphatic rings. The van der Waals surface area contributed by atoms with Gasteiger partial charge in [-0.05, 0) is 30.5 Å². The quantitative estimate of drug-likeness (QED) is 0.871. The average Bonchev–Trinajstić information content (AvgIpc) is 3.28. The first-order chi connectivity index (χ1) is 11.0. The topological polar surface area (TPSA) is 49.7 Å². The number of hydrogen-bond donors (Lipinski definition) is 0. The van der Waals surface area contributed by atoms with Crippen molar-refractivity contribution in [3.8, 4) is 0 Å². The van der Waals surface area contributed by atoms with Crippen LogP contribution in [0.2, 0.25) is 0 Å². The number of fused-ring (bicyclic) bond motifs is 1. The zero-order chi connectivity index (χ0) is 16.1. The molecule has 1 fully saturated rings. The summed E-state index contributed by atoms with van der Waals surface area (Å²) < 4.78 is 28.4. The van der Waals surface area contributed by atoms with E-state index in [2.05, 4.69) is 28.7 Å². The lowest BCUT2D eigenvalue weighted by Crippen LogP contribution is -2.34. The molecule has 0 atom stereocenters. The standard InChI is InChI=1S/C18H18N2O2S/c1-20(13-18(11-12-18)14-7-3-2-4-8-14)17-15-9-5-6-10-16(15)23(21,22)19-17/h2-10H,11-13H2,1H3. The molecule has 4 nitrogen and oxygen atoms in total. The Balaban J connectivity index is 1.66. The Kier molecular flexibility index (Phi) is 3.10. The van der Waals surface area contributed by atoms with Crippen LogP contribution in [-0.2, 0) is 15.4 Å². The molecular formula is C18H18N2O2S. The van der Waals surface area contributed by atoms with Gasteiger partial charge in [0.15, 0.2) is 5.84 Å². The lowest BCUT2D eigenvalue weighted by atomic mass is 9.95. The van der Waals surface area contributed by atoms with E-state index in [4.69, 9.17) is 0 Å². The fraction of sp³-hybridized carbons (Fsp3) is 0.278. The third-order valence-corrected chi connectivity index (χ3v) is 6.08. The third-order valence-electron chi connectivity index (χ3n) is 4.75. The summed E-state index contributed by atoms with van der Waals surface area (Å²) in [6.45, 7) is 0.777. The highest BCUT2D eigenvalue weighted by molar-refractivity contribution is 7.90. The minimum Gasteiger partial charge on any atom is -0.358 e. The number of amidine groups is 1. The molecule has 0 saturated heterocycles. The van der Waals surface area contributed by atoms with Crippen molar-refractivity contribution in [3.05, 3.63) is 65.7 Å². The zero-order valence-electron chi connectivity index (χ0n) is 12.9. The molecule has 0 unspecified atom stereocenters. The van der Waals surface area contributed by atoms with Crippen molar-refractivity contribution in [3.63, 3.8) is 0 Å². The molecule has 0 aromatic heterocycles. The summed E-state index contributed by atoms with van der Waals surface area (Å²) in [7, 11) is -1.62. The second-order valence-electron chi connectivity index (χ2n) is 6.39. The second-order valence-corrected chi connectivity index (χ2v) is 7.96. The van der Waals surface area contributed by atoms with Crippen LogP contribution in [0.25, 0.3) is 0 Å². The fourth-order valence-corrected chi connectivity index (χ4v) is 4.62. The van der Waals surface area contributed by atoms with Crippen LogP contribution in [0.4, 0.5) is 0 Å². The monoisotopic (exact) mass is 326 g/mol. The summed E-state index contributed by atoms with van der Waals surface area (Å²) in [6.07, 6.45) is 2.26. The van der Waals surface area contributed by atoms with E-state index in [1.54, 1.807) is 12.1 Å². The van der Waals surface area contributed by atoms with Crippen LogP contribution in [0, 0.1) is 0 Å². The largest absolute Gasteiger partial charge is 0.358 e. The van der Waals surface area contributed by atoms with Crippen molar-refractivity contribution < 1.29 is 8.42 Å². The van der Waals surface area contributed by atoms with E-state index in [-0.39, 0.29) is 5.41 Å². The minimum absolute atomic E-state index is 0.125. The Morgan fingerprint density at radius 3 is 2.39 bits per heavy atom. The molecule has 0 amide bonds. The number of hydrogen-bond acceptors (Lipinski definition) is 3. The Morgan fingerprint density at radius 1 is 1.04 bits per heavy atom. The first kappa shape index (κ1) is 14.5. The van der Waals surface area contributed by atoms with Gasteiger partial charge in [0.25, 0.3) is 10.0 Å². The van der Waals surface area contributed by atoms with E-state index in [1.165, 1.54) is 5.56 Å². The highest BCUT2D eigenvalue weighted by atomic mass is 32.2. The van der Waals surface area contributed by atoms with Crippen LogP contribution >= 0.6 is 0 Å². The number of likely N-dealkylation sites (N-methyl/N-ethyl adjacent to an activating group) is 1. The smallest absolute Gasteiger partial charge is 0.285 e. The van der Waals surface area contributed by atoms with Crippen LogP contribution in [0.3, 0.4) is 0 Å². The van der Waals surface area contributed by atoms with Crippen molar-refractivity contribution >= 4 is 15.9 Å². The molecule has 0 N–H and O–H groups in total. The van der Waals surface area contributed by atoms with Gasteiger partial charge in [0, 0.05) is 24.6 Å². The maximum Gasteiger partial charge on any atom is 0.285 e. The molecule has 1 aliphatic heterocycles. The summed E-state index contributed by atoms with van der Waals surface area (Å²) in [5.74, 6) is 0.558. The molecular weight excluding hydrogens is 308 g/mol. The van der Waals surface area contributed by atoms with Gasteiger partial charge in [0.1, 0.15) is 4.90 Å². The maximum absolute atomic E-state index is 12.2. The van der Waals surface area contributed by atoms with E-state index in [1.807, 2.05) is 30.1 Å². The van der Waals surface area contributed by atoms with E-state index in [0.29, 0.717) is 16.3 Å². The van der Waals surface area contributed by atoms with Gasteiger partial charge in [-0.1, -0.05) is 42.5 Å². The highest BCUT2D eigenvalue weighted by Crippen LogP contribution is 2.48. The Labute approximate surface area is 136 Å². The average molecular weight is 326 g/mol. The van der Waals surface area contributed by atoms with Crippen molar-refractivity contribution in [1.29, 1.82) is 0 Å². The summed E-state index contributed by atoms with van der Waals surface area (Å²) in [4.78, 5) is 2.30. The minimum atomic E-state index is -3.55. The van der Waals surface area contributed by atoms with Crippen LogP contribution in [0.15, 0.2) is 63.9 Å². The lowest BCUT2D eigenvalue weighted by Gasteiger charge is -2.25. The molecule has 118 valence electrons. The Morgan fingerprint density at radius 2 is 1.70 bits per heavy atom. The van der Waals surface area contributed by atoms with E-state index >= 15 is 0 Å². The van der Waals surface area contributed by atoms with Crippen molar-refractivity contribution in [1.82, 2.24) is 4.90 Å². The van der Waals surface area contributed by atoms with Crippen LogP contribution in [0.5, 0.6) is 0 Å². The van der Waals surface area contributed by atoms with Gasteiger partial charge in [-0.15, -0.1) is 4.40 Å². The van der Waals surface area contributed by atoms with Gasteiger partial charge in [0.05, 0.1) is 0 Å². The molecule has 4 rings (SSSR count). The molecule has 2 aromatic rings. The van der Waals surface area contributed by atoms with Gasteiger partial charge in [-0.2, -0.15) is 8.42 Å². The predicted molar refractivity (Wildman–Crippen MR) is 90.1 cm³/mol. The van der Waals surface area contributed by atoms with E-state index in [0.717, 1.165) is 19.4 Å². The summed E-state index contributed by atoms with van der Waals surface area (Å²) in [5.41, 5.74) is 2.15. The van der Waals surface area contributed by atoms with E-state index < -0.39 is 10.0 Å². The first-order valence-electron chi connectivity index (χ1n) is 7.73. The summed E-state index contributed by atoms with van der Waals surface area (Å²) in [6, 6.07) is 17.5.